The molecule has 1 aromatic heterocycles. The third-order valence-electron chi connectivity index (χ3n) is 5.12. The zero-order valence-corrected chi connectivity index (χ0v) is 14.8. The Bertz CT molecular complexity index is 675. The number of nitrogens with zero attached hydrogens (tertiary/aromatic N) is 2. The average molecular weight is 344 g/mol. The number of para-hydroxylation sites is 1. The zero-order valence-electron chi connectivity index (χ0n) is 13.9. The number of likely N-dealkylation sites (tertiary alicyclic amines) is 1. The van der Waals surface area contributed by atoms with Gasteiger partial charge in [0.25, 0.3) is 0 Å². The number of piperidine rings is 1. The summed E-state index contributed by atoms with van der Waals surface area (Å²) in [4.78, 5) is 19.7. The molecular formula is C19H24N2O2S. The molecular weight excluding hydrogens is 320 g/mol. The summed E-state index contributed by atoms with van der Waals surface area (Å²) in [5.41, 5.74) is 1.05. The quantitative estimate of drug-likeness (QED) is 0.830. The number of hydrogen-bond acceptors (Lipinski definition) is 4. The van der Waals surface area contributed by atoms with Crippen molar-refractivity contribution in [3.05, 3.63) is 29.3 Å². The van der Waals surface area contributed by atoms with Gasteiger partial charge < -0.3 is 9.64 Å². The third-order valence-corrected chi connectivity index (χ3v) is 6.26. The van der Waals surface area contributed by atoms with Crippen molar-refractivity contribution in [2.75, 3.05) is 13.2 Å². The minimum absolute atomic E-state index is 0.160. The monoisotopic (exact) mass is 344 g/mol. The van der Waals surface area contributed by atoms with Gasteiger partial charge in [0.15, 0.2) is 0 Å². The number of thiazole rings is 1. The molecule has 1 aromatic carbocycles. The molecule has 0 aliphatic carbocycles. The highest BCUT2D eigenvalue weighted by molar-refractivity contribution is 7.18. The topological polar surface area (TPSA) is 42.4 Å². The number of benzene rings is 1. The van der Waals surface area contributed by atoms with E-state index in [-0.39, 0.29) is 11.9 Å². The SMILES string of the molecule is O=C(CCC1CCCO1)N1CCCCC1c1nc2ccccc2s1. The number of amides is 1. The van der Waals surface area contributed by atoms with E-state index in [1.54, 1.807) is 11.3 Å². The van der Waals surface area contributed by atoms with Crippen LogP contribution in [0.5, 0.6) is 0 Å². The number of carbonyl (C=O) groups is 1. The van der Waals surface area contributed by atoms with Crippen molar-refractivity contribution < 1.29 is 9.53 Å². The van der Waals surface area contributed by atoms with Gasteiger partial charge in [-0.1, -0.05) is 12.1 Å². The first-order valence-corrected chi connectivity index (χ1v) is 9.89. The van der Waals surface area contributed by atoms with Gasteiger partial charge in [-0.05, 0) is 50.7 Å². The lowest BCUT2D eigenvalue weighted by Gasteiger charge is -2.34. The number of ether oxygens (including phenoxy) is 1. The maximum absolute atomic E-state index is 12.8. The summed E-state index contributed by atoms with van der Waals surface area (Å²) in [6, 6.07) is 8.41. The summed E-state index contributed by atoms with van der Waals surface area (Å²) in [5, 5.41) is 1.10. The molecule has 5 heteroatoms. The van der Waals surface area contributed by atoms with Crippen LogP contribution in [0.15, 0.2) is 24.3 Å². The van der Waals surface area contributed by atoms with Crippen LogP contribution < -0.4 is 0 Å². The normalized spacial score (nSPS) is 24.6. The predicted molar refractivity (Wildman–Crippen MR) is 96.1 cm³/mol. The van der Waals surface area contributed by atoms with Gasteiger partial charge in [0.05, 0.1) is 22.4 Å². The van der Waals surface area contributed by atoms with Crippen molar-refractivity contribution >= 4 is 27.5 Å². The highest BCUT2D eigenvalue weighted by Crippen LogP contribution is 2.36. The summed E-state index contributed by atoms with van der Waals surface area (Å²) < 4.78 is 6.87. The summed E-state index contributed by atoms with van der Waals surface area (Å²) in [5.74, 6) is 0.273. The van der Waals surface area contributed by atoms with Gasteiger partial charge in [0, 0.05) is 19.6 Å². The third kappa shape index (κ3) is 3.33. The van der Waals surface area contributed by atoms with Crippen LogP contribution in [0.25, 0.3) is 10.2 Å². The van der Waals surface area contributed by atoms with Crippen molar-refractivity contribution in [3.63, 3.8) is 0 Å². The molecule has 4 rings (SSSR count). The molecule has 2 aliphatic rings. The number of aromatic nitrogens is 1. The van der Waals surface area contributed by atoms with Crippen molar-refractivity contribution in [3.8, 4) is 0 Å². The second kappa shape index (κ2) is 7.19. The molecule has 0 saturated carbocycles. The van der Waals surface area contributed by atoms with Crippen molar-refractivity contribution in [1.82, 2.24) is 9.88 Å². The Morgan fingerprint density at radius 2 is 2.17 bits per heavy atom. The Balaban J connectivity index is 1.48. The molecule has 2 unspecified atom stereocenters. The summed E-state index contributed by atoms with van der Waals surface area (Å²) in [6.07, 6.45) is 7.31. The predicted octanol–water partition coefficient (Wildman–Crippen LogP) is 4.31. The summed E-state index contributed by atoms with van der Waals surface area (Å²) in [6.45, 7) is 1.72. The molecule has 24 heavy (non-hydrogen) atoms. The molecule has 2 fully saturated rings. The minimum Gasteiger partial charge on any atom is -0.378 e. The van der Waals surface area contributed by atoms with Crippen LogP contribution in [0.2, 0.25) is 0 Å². The van der Waals surface area contributed by atoms with Crippen LogP contribution >= 0.6 is 11.3 Å². The zero-order chi connectivity index (χ0) is 16.4. The van der Waals surface area contributed by atoms with Gasteiger partial charge in [-0.25, -0.2) is 4.98 Å². The van der Waals surface area contributed by atoms with Crippen molar-refractivity contribution in [2.24, 2.45) is 0 Å². The van der Waals surface area contributed by atoms with Crippen LogP contribution in [0, 0.1) is 0 Å². The first-order valence-electron chi connectivity index (χ1n) is 9.08. The maximum atomic E-state index is 12.8. The van der Waals surface area contributed by atoms with Gasteiger partial charge >= 0.3 is 0 Å². The van der Waals surface area contributed by atoms with E-state index in [9.17, 15) is 4.79 Å². The molecule has 0 radical (unpaired) electrons. The van der Waals surface area contributed by atoms with Crippen molar-refractivity contribution in [1.29, 1.82) is 0 Å². The van der Waals surface area contributed by atoms with E-state index >= 15 is 0 Å². The standard InChI is InChI=1S/C19H24N2O2S/c22-18(11-10-14-6-5-13-23-14)21-12-4-3-8-16(21)19-20-15-7-1-2-9-17(15)24-19/h1-2,7,9,14,16H,3-6,8,10-13H2. The molecule has 0 bridgehead atoms. The largest absolute Gasteiger partial charge is 0.378 e. The fourth-order valence-electron chi connectivity index (χ4n) is 3.82. The molecule has 2 atom stereocenters. The smallest absolute Gasteiger partial charge is 0.223 e. The summed E-state index contributed by atoms with van der Waals surface area (Å²) >= 11 is 1.74. The average Bonchev–Trinajstić information content (AvgIpc) is 3.29. The highest BCUT2D eigenvalue weighted by Gasteiger charge is 2.30. The lowest BCUT2D eigenvalue weighted by Crippen LogP contribution is -2.38. The van der Waals surface area contributed by atoms with Crippen LogP contribution in [0.4, 0.5) is 0 Å². The van der Waals surface area contributed by atoms with E-state index in [1.807, 2.05) is 6.07 Å². The van der Waals surface area contributed by atoms with Gasteiger partial charge in [0.1, 0.15) is 5.01 Å². The van der Waals surface area contributed by atoms with E-state index in [4.69, 9.17) is 9.72 Å². The molecule has 2 saturated heterocycles. The first-order chi connectivity index (χ1) is 11.8. The molecule has 128 valence electrons. The highest BCUT2D eigenvalue weighted by atomic mass is 32.1. The molecule has 2 aromatic rings. The number of fused-ring (bicyclic) bond motifs is 1. The van der Waals surface area contributed by atoms with Gasteiger partial charge in [-0.3, -0.25) is 4.79 Å². The lowest BCUT2D eigenvalue weighted by molar-refractivity contribution is -0.135. The van der Waals surface area contributed by atoms with Crippen LogP contribution in [-0.2, 0) is 9.53 Å². The second-order valence-corrected chi connectivity index (χ2v) is 7.85. The van der Waals surface area contributed by atoms with Crippen LogP contribution in [0.1, 0.15) is 56.0 Å². The van der Waals surface area contributed by atoms with Crippen molar-refractivity contribution in [2.45, 2.75) is 57.1 Å². The maximum Gasteiger partial charge on any atom is 0.223 e. The Hall–Kier alpha value is -1.46. The van der Waals surface area contributed by atoms with Crippen LogP contribution in [0.3, 0.4) is 0 Å². The fourth-order valence-corrected chi connectivity index (χ4v) is 4.93. The fraction of sp³-hybridized carbons (Fsp3) is 0.579. The lowest BCUT2D eigenvalue weighted by atomic mass is 10.0. The molecule has 3 heterocycles. The van der Waals surface area contributed by atoms with E-state index in [1.165, 1.54) is 11.1 Å². The molecule has 4 nitrogen and oxygen atoms in total. The molecule has 2 aliphatic heterocycles. The molecule has 0 N–H and O–H groups in total. The van der Waals surface area contributed by atoms with Gasteiger partial charge in [-0.2, -0.15) is 0 Å². The number of carbonyl (C=O) groups excluding carboxylic acids is 1. The Morgan fingerprint density at radius 3 is 3.00 bits per heavy atom. The second-order valence-electron chi connectivity index (χ2n) is 6.79. The van der Waals surface area contributed by atoms with E-state index in [0.29, 0.717) is 12.5 Å². The van der Waals surface area contributed by atoms with E-state index in [2.05, 4.69) is 23.1 Å². The van der Waals surface area contributed by atoms with Gasteiger partial charge in [0.2, 0.25) is 5.91 Å². The summed E-state index contributed by atoms with van der Waals surface area (Å²) in [7, 11) is 0. The first kappa shape index (κ1) is 16.0. The number of hydrogen-bond donors (Lipinski definition) is 0. The Morgan fingerprint density at radius 1 is 1.25 bits per heavy atom. The van der Waals surface area contributed by atoms with Gasteiger partial charge in [-0.15, -0.1) is 11.3 Å². The van der Waals surface area contributed by atoms with E-state index in [0.717, 1.165) is 55.8 Å². The molecule has 0 spiro atoms. The molecule has 1 amide bonds. The number of rotatable bonds is 4. The van der Waals surface area contributed by atoms with Crippen LogP contribution in [-0.4, -0.2) is 35.0 Å². The Kier molecular flexibility index (Phi) is 4.81. The Labute approximate surface area is 146 Å². The van der Waals surface area contributed by atoms with E-state index < -0.39 is 0 Å². The minimum atomic E-state index is 0.160.